The Balaban J connectivity index is 2.69. The van der Waals surface area contributed by atoms with E-state index in [-0.39, 0.29) is 6.04 Å². The van der Waals surface area contributed by atoms with E-state index < -0.39 is 10.0 Å². The van der Waals surface area contributed by atoms with Crippen molar-refractivity contribution in [3.8, 4) is 0 Å². The summed E-state index contributed by atoms with van der Waals surface area (Å²) in [6.07, 6.45) is 1.78. The topological polar surface area (TPSA) is 46.2 Å². The number of hydrogen-bond donors (Lipinski definition) is 1. The van der Waals surface area contributed by atoms with Gasteiger partial charge in [0.2, 0.25) is 0 Å². The molecule has 0 aromatic carbocycles. The van der Waals surface area contributed by atoms with Gasteiger partial charge < -0.3 is 0 Å². The van der Waals surface area contributed by atoms with E-state index in [1.807, 2.05) is 6.92 Å². The first-order valence-electron chi connectivity index (χ1n) is 4.78. The molecule has 7 heteroatoms. The minimum absolute atomic E-state index is 0.0449. The molecule has 16 heavy (non-hydrogen) atoms. The van der Waals surface area contributed by atoms with E-state index >= 15 is 0 Å². The predicted octanol–water partition coefficient (Wildman–Crippen LogP) is 3.35. The first kappa shape index (κ1) is 14.6. The van der Waals surface area contributed by atoms with Gasteiger partial charge in [-0.25, -0.2) is 13.1 Å². The molecule has 0 aliphatic carbocycles. The van der Waals surface area contributed by atoms with Crippen LogP contribution in [0.3, 0.4) is 0 Å². The van der Waals surface area contributed by atoms with Crippen LogP contribution >= 0.6 is 43.2 Å². The lowest BCUT2D eigenvalue weighted by molar-refractivity contribution is 0.546. The molecular formula is C9H13Br2NO2S2. The SMILES string of the molecule is CC(CCCBr)NS(=O)(=O)c1sccc1Br. The molecule has 0 fully saturated rings. The molecule has 0 saturated carbocycles. The molecule has 0 bridgehead atoms. The lowest BCUT2D eigenvalue weighted by Crippen LogP contribution is -2.32. The van der Waals surface area contributed by atoms with Crippen molar-refractivity contribution in [3.63, 3.8) is 0 Å². The van der Waals surface area contributed by atoms with Crippen LogP contribution in [-0.2, 0) is 10.0 Å². The van der Waals surface area contributed by atoms with Gasteiger partial charge in [-0.3, -0.25) is 0 Å². The lowest BCUT2D eigenvalue weighted by atomic mass is 10.2. The molecule has 0 saturated heterocycles. The fourth-order valence-electron chi connectivity index (χ4n) is 1.23. The maximum atomic E-state index is 11.9. The van der Waals surface area contributed by atoms with Gasteiger partial charge in [0.05, 0.1) is 0 Å². The van der Waals surface area contributed by atoms with Crippen molar-refractivity contribution in [3.05, 3.63) is 15.9 Å². The van der Waals surface area contributed by atoms with Crippen molar-refractivity contribution in [2.75, 3.05) is 5.33 Å². The number of halogens is 2. The zero-order valence-corrected chi connectivity index (χ0v) is 13.5. The Labute approximate surface area is 117 Å². The first-order valence-corrected chi connectivity index (χ1v) is 9.06. The Hall–Kier alpha value is 0.570. The largest absolute Gasteiger partial charge is 0.251 e. The minimum Gasteiger partial charge on any atom is -0.208 e. The Bertz CT molecular complexity index is 430. The Morgan fingerprint density at radius 3 is 2.75 bits per heavy atom. The molecule has 1 rings (SSSR count). The van der Waals surface area contributed by atoms with E-state index in [2.05, 4.69) is 36.6 Å². The number of sulfonamides is 1. The minimum atomic E-state index is -3.37. The molecule has 0 amide bonds. The van der Waals surface area contributed by atoms with Crippen molar-refractivity contribution in [1.82, 2.24) is 4.72 Å². The van der Waals surface area contributed by atoms with Gasteiger partial charge in [0.1, 0.15) is 4.21 Å². The van der Waals surface area contributed by atoms with Gasteiger partial charge in [0.15, 0.2) is 0 Å². The van der Waals surface area contributed by atoms with Crippen molar-refractivity contribution >= 4 is 53.2 Å². The molecule has 1 heterocycles. The molecule has 1 atom stereocenters. The summed E-state index contributed by atoms with van der Waals surface area (Å²) in [6, 6.07) is 1.69. The first-order chi connectivity index (χ1) is 7.47. The van der Waals surface area contributed by atoms with Crippen LogP contribution in [0.15, 0.2) is 20.1 Å². The third kappa shape index (κ3) is 4.10. The second-order valence-corrected chi connectivity index (χ2v) is 7.88. The summed E-state index contributed by atoms with van der Waals surface area (Å²) in [5.74, 6) is 0. The van der Waals surface area contributed by atoms with E-state index in [4.69, 9.17) is 0 Å². The van der Waals surface area contributed by atoms with Crippen LogP contribution < -0.4 is 4.72 Å². The molecule has 92 valence electrons. The number of nitrogens with one attached hydrogen (secondary N) is 1. The average molecular weight is 391 g/mol. The summed E-state index contributed by atoms with van der Waals surface area (Å²) >= 11 is 7.77. The van der Waals surface area contributed by atoms with Crippen LogP contribution in [0.2, 0.25) is 0 Å². The maximum Gasteiger partial charge on any atom is 0.251 e. The molecule has 1 unspecified atom stereocenters. The van der Waals surface area contributed by atoms with Crippen LogP contribution in [0.5, 0.6) is 0 Å². The second-order valence-electron chi connectivity index (χ2n) is 3.41. The van der Waals surface area contributed by atoms with E-state index in [0.29, 0.717) is 8.68 Å². The van der Waals surface area contributed by atoms with Gasteiger partial charge in [0.25, 0.3) is 10.0 Å². The summed E-state index contributed by atoms with van der Waals surface area (Å²) in [5, 5.41) is 2.64. The standard InChI is InChI=1S/C9H13Br2NO2S2/c1-7(3-2-5-10)12-16(13,14)9-8(11)4-6-15-9/h4,6-7,12H,2-3,5H2,1H3. The predicted molar refractivity (Wildman–Crippen MR) is 74.8 cm³/mol. The number of thiophene rings is 1. The third-order valence-corrected chi connectivity index (χ3v) is 6.78. The highest BCUT2D eigenvalue weighted by Gasteiger charge is 2.21. The number of hydrogen-bond acceptors (Lipinski definition) is 3. The van der Waals surface area contributed by atoms with Gasteiger partial charge >= 0.3 is 0 Å². The highest BCUT2D eigenvalue weighted by atomic mass is 79.9. The highest BCUT2D eigenvalue weighted by Crippen LogP contribution is 2.27. The van der Waals surface area contributed by atoms with E-state index in [9.17, 15) is 8.42 Å². The summed E-state index contributed by atoms with van der Waals surface area (Å²) in [7, 11) is -3.37. The number of alkyl halides is 1. The molecule has 1 aromatic heterocycles. The Kier molecular flexibility index (Phi) is 5.93. The normalized spacial score (nSPS) is 13.9. The quantitative estimate of drug-likeness (QED) is 0.757. The fraction of sp³-hybridized carbons (Fsp3) is 0.556. The van der Waals surface area contributed by atoms with Crippen LogP contribution in [0.25, 0.3) is 0 Å². The van der Waals surface area contributed by atoms with Gasteiger partial charge in [0, 0.05) is 15.8 Å². The van der Waals surface area contributed by atoms with Crippen LogP contribution in [0.4, 0.5) is 0 Å². The smallest absolute Gasteiger partial charge is 0.208 e. The lowest BCUT2D eigenvalue weighted by Gasteiger charge is -2.12. The zero-order valence-electron chi connectivity index (χ0n) is 8.74. The summed E-state index contributed by atoms with van der Waals surface area (Å²) < 4.78 is 27.5. The van der Waals surface area contributed by atoms with Gasteiger partial charge in [-0.2, -0.15) is 0 Å². The van der Waals surface area contributed by atoms with E-state index in [0.717, 1.165) is 18.2 Å². The average Bonchev–Trinajstić information content (AvgIpc) is 2.61. The fourth-order valence-corrected chi connectivity index (χ4v) is 5.19. The molecule has 1 N–H and O–H groups in total. The van der Waals surface area contributed by atoms with Crippen molar-refractivity contribution in [2.24, 2.45) is 0 Å². The molecule has 0 aliphatic rings. The van der Waals surface area contributed by atoms with Crippen molar-refractivity contribution < 1.29 is 8.42 Å². The van der Waals surface area contributed by atoms with E-state index in [1.165, 1.54) is 11.3 Å². The van der Waals surface area contributed by atoms with Crippen LogP contribution in [0.1, 0.15) is 19.8 Å². The van der Waals surface area contributed by atoms with Gasteiger partial charge in [-0.1, -0.05) is 15.9 Å². The van der Waals surface area contributed by atoms with Gasteiger partial charge in [-0.05, 0) is 47.1 Å². The molecule has 0 aliphatic heterocycles. The molecule has 1 aromatic rings. The van der Waals surface area contributed by atoms with Crippen LogP contribution in [0, 0.1) is 0 Å². The van der Waals surface area contributed by atoms with Crippen molar-refractivity contribution in [1.29, 1.82) is 0 Å². The summed E-state index contributed by atoms with van der Waals surface area (Å²) in [4.78, 5) is 0. The second kappa shape index (κ2) is 6.49. The third-order valence-electron chi connectivity index (χ3n) is 1.96. The Morgan fingerprint density at radius 1 is 1.56 bits per heavy atom. The molecule has 3 nitrogen and oxygen atoms in total. The number of rotatable bonds is 6. The Morgan fingerprint density at radius 2 is 2.25 bits per heavy atom. The van der Waals surface area contributed by atoms with Crippen LogP contribution in [-0.4, -0.2) is 19.8 Å². The molecular weight excluding hydrogens is 378 g/mol. The summed E-state index contributed by atoms with van der Waals surface area (Å²) in [6.45, 7) is 1.88. The molecule has 0 radical (unpaired) electrons. The van der Waals surface area contributed by atoms with Crippen molar-refractivity contribution in [2.45, 2.75) is 30.0 Å². The zero-order chi connectivity index (χ0) is 12.2. The summed E-state index contributed by atoms with van der Waals surface area (Å²) in [5.41, 5.74) is 0. The highest BCUT2D eigenvalue weighted by molar-refractivity contribution is 9.10. The maximum absolute atomic E-state index is 11.9. The van der Waals surface area contributed by atoms with Gasteiger partial charge in [-0.15, -0.1) is 11.3 Å². The molecule has 0 spiro atoms. The monoisotopic (exact) mass is 389 g/mol. The van der Waals surface area contributed by atoms with E-state index in [1.54, 1.807) is 11.4 Å².